The largest absolute Gasteiger partial charge is 1.00 e. The van der Waals surface area contributed by atoms with E-state index in [1.807, 2.05) is 3.28 Å². The third-order valence-corrected chi connectivity index (χ3v) is 16.2. The van der Waals surface area contributed by atoms with Crippen molar-refractivity contribution in [3.05, 3.63) is 116 Å². The summed E-state index contributed by atoms with van der Waals surface area (Å²) in [7, 11) is 0. The van der Waals surface area contributed by atoms with E-state index < -0.39 is 21.3 Å². The van der Waals surface area contributed by atoms with Gasteiger partial charge in [0.1, 0.15) is 0 Å². The fourth-order valence-corrected chi connectivity index (χ4v) is 16.1. The molecule has 2 aromatic rings. The molecule has 0 fully saturated rings. The Bertz CT molecular complexity index is 1170. The van der Waals surface area contributed by atoms with E-state index in [-0.39, 0.29) is 24.8 Å². The van der Waals surface area contributed by atoms with Crippen molar-refractivity contribution in [2.45, 2.75) is 63.4 Å². The average Bonchev–Trinajstić information content (AvgIpc) is 3.49. The summed E-state index contributed by atoms with van der Waals surface area (Å²) in [6.45, 7) is 9.63. The zero-order valence-electron chi connectivity index (χ0n) is 22.0. The Morgan fingerprint density at radius 1 is 0.778 bits per heavy atom. The van der Waals surface area contributed by atoms with E-state index in [1.54, 1.807) is 25.5 Å². The molecule has 3 heteroatoms. The van der Waals surface area contributed by atoms with Crippen molar-refractivity contribution in [2.24, 2.45) is 11.8 Å². The van der Waals surface area contributed by atoms with E-state index in [0.717, 1.165) is 0 Å². The summed E-state index contributed by atoms with van der Waals surface area (Å²) >= 11 is -2.41. The summed E-state index contributed by atoms with van der Waals surface area (Å²) in [5.74, 6) is 1.18. The summed E-state index contributed by atoms with van der Waals surface area (Å²) < 4.78 is 4.22. The van der Waals surface area contributed by atoms with Crippen LogP contribution in [0.5, 0.6) is 0 Å². The third-order valence-electron chi connectivity index (χ3n) is 7.81. The molecule has 0 nitrogen and oxygen atoms in total. The summed E-state index contributed by atoms with van der Waals surface area (Å²) in [5, 5.41) is 0. The number of allylic oxidation sites excluding steroid dienone is 8. The van der Waals surface area contributed by atoms with Crippen molar-refractivity contribution in [1.29, 1.82) is 0 Å². The van der Waals surface area contributed by atoms with Gasteiger partial charge in [-0.2, -0.15) is 0 Å². The SMILES string of the molecule is CC(C)C1=CC[C]([Zr+2](=[C](c2ccccc2)c2ccccc2)[CH]2C=CC3=C2CCCC3)=C1C(C)C.[Cl-].[Cl-]. The maximum atomic E-state index is 2.65. The van der Waals surface area contributed by atoms with Crippen LogP contribution in [0.1, 0.15) is 70.9 Å². The van der Waals surface area contributed by atoms with Crippen LogP contribution in [-0.2, 0) is 21.3 Å². The van der Waals surface area contributed by atoms with Gasteiger partial charge in [0.05, 0.1) is 0 Å². The van der Waals surface area contributed by atoms with Gasteiger partial charge in [-0.15, -0.1) is 0 Å². The van der Waals surface area contributed by atoms with E-state index in [0.29, 0.717) is 15.5 Å². The second-order valence-corrected chi connectivity index (χ2v) is 17.0. The number of halogens is 2. The quantitative estimate of drug-likeness (QED) is 0.481. The molecule has 188 valence electrons. The van der Waals surface area contributed by atoms with Gasteiger partial charge in [-0.3, -0.25) is 0 Å². The third kappa shape index (κ3) is 5.75. The van der Waals surface area contributed by atoms with Crippen LogP contribution >= 0.6 is 0 Å². The van der Waals surface area contributed by atoms with Crippen LogP contribution < -0.4 is 24.8 Å². The Morgan fingerprint density at radius 3 is 1.92 bits per heavy atom. The minimum atomic E-state index is -2.41. The van der Waals surface area contributed by atoms with Gasteiger partial charge in [-0.25, -0.2) is 0 Å². The smallest absolute Gasteiger partial charge is 1.00 e. The molecule has 3 aliphatic rings. The molecular weight excluding hydrogens is 558 g/mol. The molecule has 0 aromatic heterocycles. The van der Waals surface area contributed by atoms with Crippen molar-refractivity contribution in [3.8, 4) is 0 Å². The molecule has 3 aliphatic carbocycles. The van der Waals surface area contributed by atoms with Gasteiger partial charge in [-0.1, -0.05) is 0 Å². The molecule has 0 bridgehead atoms. The second kappa shape index (κ2) is 13.0. The Kier molecular flexibility index (Phi) is 10.6. The Labute approximate surface area is 238 Å². The minimum Gasteiger partial charge on any atom is -1.00 e. The van der Waals surface area contributed by atoms with E-state index in [2.05, 4.69) is 107 Å². The Balaban J connectivity index is 0.00000180. The van der Waals surface area contributed by atoms with Crippen molar-refractivity contribution >= 4 is 3.21 Å². The molecule has 36 heavy (non-hydrogen) atoms. The molecule has 1 atom stereocenters. The number of rotatable bonds is 6. The first kappa shape index (κ1) is 29.3. The van der Waals surface area contributed by atoms with Crippen LogP contribution in [0.15, 0.2) is 104 Å². The zero-order valence-corrected chi connectivity index (χ0v) is 26.0. The van der Waals surface area contributed by atoms with Crippen LogP contribution in [-0.4, -0.2) is 3.21 Å². The van der Waals surface area contributed by atoms with Gasteiger partial charge in [-0.05, 0) is 0 Å². The molecule has 0 amide bonds. The molecule has 0 N–H and O–H groups in total. The first-order valence-electron chi connectivity index (χ1n) is 13.2. The van der Waals surface area contributed by atoms with Crippen LogP contribution in [0.3, 0.4) is 0 Å². The van der Waals surface area contributed by atoms with Crippen LogP contribution in [0, 0.1) is 11.8 Å². The van der Waals surface area contributed by atoms with Gasteiger partial charge in [0.15, 0.2) is 0 Å². The average molecular weight is 597 g/mol. The van der Waals surface area contributed by atoms with Crippen LogP contribution in [0.4, 0.5) is 0 Å². The van der Waals surface area contributed by atoms with Crippen molar-refractivity contribution in [1.82, 2.24) is 0 Å². The van der Waals surface area contributed by atoms with E-state index in [9.17, 15) is 0 Å². The number of hydrogen-bond donors (Lipinski definition) is 0. The van der Waals surface area contributed by atoms with Crippen LogP contribution in [0.2, 0.25) is 3.63 Å². The topological polar surface area (TPSA) is 0 Å². The molecule has 5 rings (SSSR count). The van der Waals surface area contributed by atoms with Crippen molar-refractivity contribution < 1.29 is 46.1 Å². The van der Waals surface area contributed by atoms with Crippen molar-refractivity contribution in [2.75, 3.05) is 0 Å². The maximum absolute atomic E-state index is 2.65. The maximum Gasteiger partial charge on any atom is -1.00 e. The van der Waals surface area contributed by atoms with E-state index >= 15 is 0 Å². The number of hydrogen-bond acceptors (Lipinski definition) is 0. The summed E-state index contributed by atoms with van der Waals surface area (Å²) in [6.07, 6.45) is 14.3. The molecule has 2 aromatic carbocycles. The predicted molar refractivity (Wildman–Crippen MR) is 144 cm³/mol. The minimum absolute atomic E-state index is 0. The normalized spacial score (nSPS) is 18.5. The van der Waals surface area contributed by atoms with Gasteiger partial charge >= 0.3 is 215 Å². The second-order valence-electron chi connectivity index (χ2n) is 10.7. The number of benzene rings is 2. The van der Waals surface area contributed by atoms with Gasteiger partial charge in [0.25, 0.3) is 0 Å². The first-order chi connectivity index (χ1) is 16.6. The van der Waals surface area contributed by atoms with Crippen LogP contribution in [0.25, 0.3) is 0 Å². The van der Waals surface area contributed by atoms with E-state index in [1.165, 1.54) is 43.2 Å². The molecule has 0 heterocycles. The van der Waals surface area contributed by atoms with Gasteiger partial charge in [0, 0.05) is 0 Å². The van der Waals surface area contributed by atoms with Crippen molar-refractivity contribution in [3.63, 3.8) is 0 Å². The summed E-state index contributed by atoms with van der Waals surface area (Å²) in [5.41, 5.74) is 9.73. The molecular formula is C33H38Cl2Zr. The van der Waals surface area contributed by atoms with E-state index in [4.69, 9.17) is 0 Å². The molecule has 0 saturated heterocycles. The molecule has 0 saturated carbocycles. The molecule has 1 unspecified atom stereocenters. The molecule has 0 aliphatic heterocycles. The summed E-state index contributed by atoms with van der Waals surface area (Å²) in [4.78, 5) is 0. The fraction of sp³-hybridized carbons (Fsp3) is 0.364. The first-order valence-corrected chi connectivity index (χ1v) is 17.1. The fourth-order valence-electron chi connectivity index (χ4n) is 6.37. The molecule has 0 radical (unpaired) electrons. The standard InChI is InChI=1S/C13H10.C11H17.C9H11.2ClH.Zr/c1-3-7-12(8-4-1)11-13-9-5-2-6-10-13;1-8(2)10-6-5-7-11(10)9(3)4;1-2-5-9-7-3-6-8(9)4-1;;;/h1-10H;6,8-9H,5H2,1-4H3;3,6-7H,1-2,4-5H2;2*1H;/q;;;;;+2/p-2. The Morgan fingerprint density at radius 2 is 1.36 bits per heavy atom. The van der Waals surface area contributed by atoms with Gasteiger partial charge < -0.3 is 24.8 Å². The van der Waals surface area contributed by atoms with Gasteiger partial charge in [0.2, 0.25) is 0 Å². The zero-order chi connectivity index (χ0) is 23.7. The monoisotopic (exact) mass is 594 g/mol. The predicted octanol–water partition coefficient (Wildman–Crippen LogP) is 3.01. The Hall–Kier alpha value is -1.27. The molecule has 0 spiro atoms. The summed E-state index contributed by atoms with van der Waals surface area (Å²) in [6, 6.07) is 22.8.